The molecule has 2 aromatic rings. The van der Waals surface area contributed by atoms with E-state index < -0.39 is 11.6 Å². The number of methoxy groups -OCH3 is 1. The Bertz CT molecular complexity index is 801. The summed E-state index contributed by atoms with van der Waals surface area (Å²) in [6.45, 7) is 1.64. The van der Waals surface area contributed by atoms with Crippen LogP contribution in [0.5, 0.6) is 5.75 Å². The van der Waals surface area contributed by atoms with Crippen molar-refractivity contribution in [3.63, 3.8) is 0 Å². The van der Waals surface area contributed by atoms with Crippen molar-refractivity contribution in [2.45, 2.75) is 18.1 Å². The zero-order chi connectivity index (χ0) is 19.9. The molecule has 1 aliphatic heterocycles. The van der Waals surface area contributed by atoms with Crippen molar-refractivity contribution in [3.05, 3.63) is 65.2 Å². The Labute approximate surface area is 168 Å². The standard InChI is InChI=1S/C21H24F2N2O2S/c1-27-17-5-2-15(3-6-17)8-10-24-21(26)25-11-9-20(28-13-12-25)18-14-16(22)4-7-19(18)23/h2-7,14,20H,8-13H2,1H3,(H,24,26). The van der Waals surface area contributed by atoms with E-state index in [2.05, 4.69) is 5.32 Å². The van der Waals surface area contributed by atoms with E-state index in [9.17, 15) is 13.6 Å². The lowest BCUT2D eigenvalue weighted by Crippen LogP contribution is -2.41. The van der Waals surface area contributed by atoms with Crippen LogP contribution in [0.3, 0.4) is 0 Å². The first kappa shape index (κ1) is 20.5. The predicted octanol–water partition coefficient (Wildman–Crippen LogP) is 4.41. The lowest BCUT2D eigenvalue weighted by molar-refractivity contribution is 0.201. The summed E-state index contributed by atoms with van der Waals surface area (Å²) < 4.78 is 32.6. The van der Waals surface area contributed by atoms with Crippen LogP contribution in [0.1, 0.15) is 22.8 Å². The fraction of sp³-hybridized carbons (Fsp3) is 0.381. The normalized spacial score (nSPS) is 17.1. The van der Waals surface area contributed by atoms with Gasteiger partial charge in [0, 0.05) is 36.2 Å². The smallest absolute Gasteiger partial charge is 0.317 e. The van der Waals surface area contributed by atoms with Crippen molar-refractivity contribution in [1.29, 1.82) is 0 Å². The average molecular weight is 406 g/mol. The van der Waals surface area contributed by atoms with E-state index in [4.69, 9.17) is 4.74 Å². The Balaban J connectivity index is 1.49. The third-order valence-electron chi connectivity index (χ3n) is 4.78. The number of hydrogen-bond donors (Lipinski definition) is 1. The molecular formula is C21H24F2N2O2S. The molecule has 0 aliphatic carbocycles. The number of ether oxygens (including phenoxy) is 1. The molecule has 1 atom stereocenters. The number of nitrogens with zero attached hydrogens (tertiary/aromatic N) is 1. The van der Waals surface area contributed by atoms with E-state index in [0.29, 0.717) is 37.4 Å². The van der Waals surface area contributed by atoms with E-state index >= 15 is 0 Å². The van der Waals surface area contributed by atoms with Crippen LogP contribution in [-0.2, 0) is 6.42 Å². The van der Waals surface area contributed by atoms with Crippen molar-refractivity contribution in [2.24, 2.45) is 0 Å². The van der Waals surface area contributed by atoms with Gasteiger partial charge in [0.25, 0.3) is 0 Å². The topological polar surface area (TPSA) is 41.6 Å². The number of hydrogen-bond acceptors (Lipinski definition) is 3. The summed E-state index contributed by atoms with van der Waals surface area (Å²) in [7, 11) is 1.63. The molecule has 0 bridgehead atoms. The van der Waals surface area contributed by atoms with Gasteiger partial charge in [0.1, 0.15) is 17.4 Å². The van der Waals surface area contributed by atoms with Gasteiger partial charge in [-0.05, 0) is 48.7 Å². The minimum absolute atomic E-state index is 0.116. The number of carbonyl (C=O) groups is 1. The second-order valence-electron chi connectivity index (χ2n) is 6.63. The fourth-order valence-corrected chi connectivity index (χ4v) is 4.44. The molecule has 4 nitrogen and oxygen atoms in total. The maximum Gasteiger partial charge on any atom is 0.317 e. The molecule has 28 heavy (non-hydrogen) atoms. The number of benzene rings is 2. The van der Waals surface area contributed by atoms with Gasteiger partial charge >= 0.3 is 6.03 Å². The number of rotatable bonds is 5. The number of amides is 2. The SMILES string of the molecule is COc1ccc(CCNC(=O)N2CCSC(c3cc(F)ccc3F)CC2)cc1. The molecule has 0 aromatic heterocycles. The van der Waals surface area contributed by atoms with Crippen molar-refractivity contribution in [2.75, 3.05) is 32.5 Å². The Kier molecular flexibility index (Phi) is 7.14. The maximum atomic E-state index is 14.0. The van der Waals surface area contributed by atoms with Gasteiger partial charge in [0.2, 0.25) is 0 Å². The molecule has 1 fully saturated rings. The molecule has 2 aromatic carbocycles. The summed E-state index contributed by atoms with van der Waals surface area (Å²) in [4.78, 5) is 14.2. The molecular weight excluding hydrogens is 382 g/mol. The second kappa shape index (κ2) is 9.78. The number of halogens is 2. The van der Waals surface area contributed by atoms with Crippen molar-refractivity contribution in [3.8, 4) is 5.75 Å². The third-order valence-corrected chi connectivity index (χ3v) is 6.09. The molecule has 1 heterocycles. The van der Waals surface area contributed by atoms with Gasteiger partial charge in [-0.3, -0.25) is 0 Å². The molecule has 1 unspecified atom stereocenters. The third kappa shape index (κ3) is 5.38. The van der Waals surface area contributed by atoms with E-state index in [-0.39, 0.29) is 11.3 Å². The zero-order valence-corrected chi connectivity index (χ0v) is 16.6. The van der Waals surface area contributed by atoms with Gasteiger partial charge < -0.3 is 15.0 Å². The lowest BCUT2D eigenvalue weighted by atomic mass is 10.1. The van der Waals surface area contributed by atoms with Crippen molar-refractivity contribution in [1.82, 2.24) is 10.2 Å². The summed E-state index contributed by atoms with van der Waals surface area (Å²) >= 11 is 1.57. The van der Waals surface area contributed by atoms with Crippen molar-refractivity contribution < 1.29 is 18.3 Å². The highest BCUT2D eigenvalue weighted by molar-refractivity contribution is 7.99. The summed E-state index contributed by atoms with van der Waals surface area (Å²) in [6.07, 6.45) is 1.33. The molecule has 0 saturated carbocycles. The molecule has 0 radical (unpaired) electrons. The first-order chi connectivity index (χ1) is 13.6. The fourth-order valence-electron chi connectivity index (χ4n) is 3.20. The molecule has 1 aliphatic rings. The van der Waals surface area contributed by atoms with Crippen LogP contribution in [0.4, 0.5) is 13.6 Å². The number of thioether (sulfide) groups is 1. The molecule has 1 saturated heterocycles. The van der Waals surface area contributed by atoms with Crippen LogP contribution in [0.15, 0.2) is 42.5 Å². The minimum atomic E-state index is -0.436. The van der Waals surface area contributed by atoms with Crippen LogP contribution in [0, 0.1) is 11.6 Å². The highest BCUT2D eigenvalue weighted by atomic mass is 32.2. The van der Waals surface area contributed by atoms with E-state index in [1.54, 1.807) is 23.8 Å². The lowest BCUT2D eigenvalue weighted by Gasteiger charge is -2.21. The Morgan fingerprint density at radius 3 is 2.75 bits per heavy atom. The van der Waals surface area contributed by atoms with Gasteiger partial charge in [-0.2, -0.15) is 11.8 Å². The van der Waals surface area contributed by atoms with Crippen molar-refractivity contribution >= 4 is 17.8 Å². The molecule has 3 rings (SSSR count). The van der Waals surface area contributed by atoms with Gasteiger partial charge in [0.15, 0.2) is 0 Å². The highest BCUT2D eigenvalue weighted by Crippen LogP contribution is 2.36. The second-order valence-corrected chi connectivity index (χ2v) is 7.94. The summed E-state index contributed by atoms with van der Waals surface area (Å²) in [6, 6.07) is 11.2. The first-order valence-electron chi connectivity index (χ1n) is 9.29. The van der Waals surface area contributed by atoms with Crippen LogP contribution < -0.4 is 10.1 Å². The first-order valence-corrected chi connectivity index (χ1v) is 10.3. The zero-order valence-electron chi connectivity index (χ0n) is 15.8. The Morgan fingerprint density at radius 1 is 1.21 bits per heavy atom. The molecule has 150 valence electrons. The monoisotopic (exact) mass is 406 g/mol. The Hall–Kier alpha value is -2.28. The number of nitrogens with one attached hydrogen (secondary N) is 1. The number of carbonyl (C=O) groups excluding carboxylic acids is 1. The van der Waals surface area contributed by atoms with Gasteiger partial charge in [-0.1, -0.05) is 12.1 Å². The van der Waals surface area contributed by atoms with Crippen LogP contribution in [0.25, 0.3) is 0 Å². The van der Waals surface area contributed by atoms with Crippen LogP contribution >= 0.6 is 11.8 Å². The van der Waals surface area contributed by atoms with Gasteiger partial charge in [0.05, 0.1) is 7.11 Å². The van der Waals surface area contributed by atoms with Crippen LogP contribution in [-0.4, -0.2) is 43.4 Å². The Morgan fingerprint density at radius 2 is 2.00 bits per heavy atom. The van der Waals surface area contributed by atoms with E-state index in [0.717, 1.165) is 23.8 Å². The summed E-state index contributed by atoms with van der Waals surface area (Å²) in [5.41, 5.74) is 1.50. The maximum absolute atomic E-state index is 14.0. The molecule has 7 heteroatoms. The summed E-state index contributed by atoms with van der Waals surface area (Å²) in [5, 5.41) is 2.80. The minimum Gasteiger partial charge on any atom is -0.497 e. The highest BCUT2D eigenvalue weighted by Gasteiger charge is 2.24. The molecule has 1 N–H and O–H groups in total. The quantitative estimate of drug-likeness (QED) is 0.800. The van der Waals surface area contributed by atoms with Crippen LogP contribution in [0.2, 0.25) is 0 Å². The van der Waals surface area contributed by atoms with E-state index in [1.165, 1.54) is 12.1 Å². The predicted molar refractivity (Wildman–Crippen MR) is 108 cm³/mol. The van der Waals surface area contributed by atoms with Gasteiger partial charge in [-0.15, -0.1) is 0 Å². The largest absolute Gasteiger partial charge is 0.497 e. The van der Waals surface area contributed by atoms with Gasteiger partial charge in [-0.25, -0.2) is 13.6 Å². The molecule has 2 amide bonds. The average Bonchev–Trinajstić information content (AvgIpc) is 2.96. The number of urea groups is 1. The van der Waals surface area contributed by atoms with E-state index in [1.807, 2.05) is 24.3 Å². The molecule has 0 spiro atoms. The summed E-state index contributed by atoms with van der Waals surface area (Å²) in [5.74, 6) is 0.664.